The average Bonchev–Trinajstić information content (AvgIpc) is 2.76. The van der Waals surface area contributed by atoms with Crippen molar-refractivity contribution in [2.24, 2.45) is 4.99 Å². The molecule has 0 saturated heterocycles. The summed E-state index contributed by atoms with van der Waals surface area (Å²) in [7, 11) is 0. The summed E-state index contributed by atoms with van der Waals surface area (Å²) in [4.78, 5) is 21.6. The minimum absolute atomic E-state index is 0.214. The van der Waals surface area contributed by atoms with E-state index in [9.17, 15) is 4.79 Å². The topological polar surface area (TPSA) is 63.6 Å². The van der Waals surface area contributed by atoms with Crippen LogP contribution < -0.4 is 5.32 Å². The number of carbonyl (C=O) groups is 1. The highest BCUT2D eigenvalue weighted by Crippen LogP contribution is 2.23. The summed E-state index contributed by atoms with van der Waals surface area (Å²) in [5.74, 6) is 0. The minimum Gasteiger partial charge on any atom is -0.444 e. The lowest BCUT2D eigenvalue weighted by Crippen LogP contribution is -2.34. The van der Waals surface area contributed by atoms with Crippen molar-refractivity contribution in [1.82, 2.24) is 10.3 Å². The van der Waals surface area contributed by atoms with Crippen LogP contribution in [-0.4, -0.2) is 22.4 Å². The molecule has 3 aromatic rings. The SMILES string of the molecule is CCC(NC(=O)OC(C)(C)C)c1cncc(N=C(c2ccccc2)c2ccccc2)c1. The number of amides is 1. The molecule has 5 nitrogen and oxygen atoms in total. The maximum Gasteiger partial charge on any atom is 0.408 e. The van der Waals surface area contributed by atoms with E-state index in [0.29, 0.717) is 6.42 Å². The molecule has 1 aromatic heterocycles. The third-order valence-corrected chi connectivity index (χ3v) is 4.58. The predicted octanol–water partition coefficient (Wildman–Crippen LogP) is 6.23. The number of pyridine rings is 1. The Morgan fingerprint density at radius 2 is 1.58 bits per heavy atom. The number of alkyl carbamates (subject to hydrolysis) is 1. The molecule has 1 unspecified atom stereocenters. The van der Waals surface area contributed by atoms with Gasteiger partial charge in [0.2, 0.25) is 0 Å². The van der Waals surface area contributed by atoms with Gasteiger partial charge in [-0.15, -0.1) is 0 Å². The first-order chi connectivity index (χ1) is 14.9. The molecule has 1 amide bonds. The molecule has 1 heterocycles. The first-order valence-corrected chi connectivity index (χ1v) is 10.5. The number of aromatic nitrogens is 1. The van der Waals surface area contributed by atoms with Gasteiger partial charge < -0.3 is 10.1 Å². The van der Waals surface area contributed by atoms with E-state index in [1.54, 1.807) is 12.4 Å². The monoisotopic (exact) mass is 415 g/mol. The van der Waals surface area contributed by atoms with Gasteiger partial charge in [0.1, 0.15) is 5.60 Å². The van der Waals surface area contributed by atoms with Crippen LogP contribution in [0.2, 0.25) is 0 Å². The van der Waals surface area contributed by atoms with E-state index in [0.717, 1.165) is 28.1 Å². The van der Waals surface area contributed by atoms with Gasteiger partial charge >= 0.3 is 6.09 Å². The number of nitrogens with zero attached hydrogens (tertiary/aromatic N) is 2. The second-order valence-corrected chi connectivity index (χ2v) is 8.28. The van der Waals surface area contributed by atoms with Crippen LogP contribution in [0.5, 0.6) is 0 Å². The van der Waals surface area contributed by atoms with Crippen LogP contribution in [0.1, 0.15) is 56.8 Å². The van der Waals surface area contributed by atoms with Crippen molar-refractivity contribution >= 4 is 17.5 Å². The van der Waals surface area contributed by atoms with Gasteiger partial charge in [-0.2, -0.15) is 0 Å². The zero-order valence-corrected chi connectivity index (χ0v) is 18.5. The van der Waals surface area contributed by atoms with Crippen molar-refractivity contribution < 1.29 is 9.53 Å². The fourth-order valence-electron chi connectivity index (χ4n) is 3.18. The molecule has 0 radical (unpaired) electrons. The highest BCUT2D eigenvalue weighted by molar-refractivity contribution is 6.13. The van der Waals surface area contributed by atoms with Crippen LogP contribution in [0, 0.1) is 0 Å². The summed E-state index contributed by atoms with van der Waals surface area (Å²) in [5.41, 5.74) is 3.98. The van der Waals surface area contributed by atoms with Crippen molar-refractivity contribution in [1.29, 1.82) is 0 Å². The second kappa shape index (κ2) is 10.0. The van der Waals surface area contributed by atoms with E-state index < -0.39 is 11.7 Å². The maximum absolute atomic E-state index is 12.3. The predicted molar refractivity (Wildman–Crippen MR) is 125 cm³/mol. The molecule has 31 heavy (non-hydrogen) atoms. The Kier molecular flexibility index (Phi) is 7.19. The minimum atomic E-state index is -0.549. The smallest absolute Gasteiger partial charge is 0.408 e. The summed E-state index contributed by atoms with van der Waals surface area (Å²) in [5, 5.41) is 2.93. The first-order valence-electron chi connectivity index (χ1n) is 10.5. The van der Waals surface area contributed by atoms with Crippen molar-refractivity contribution in [2.45, 2.75) is 45.8 Å². The molecule has 0 saturated carbocycles. The number of benzene rings is 2. The summed E-state index contributed by atoms with van der Waals surface area (Å²) < 4.78 is 5.40. The molecule has 0 fully saturated rings. The molecular formula is C26H29N3O2. The Morgan fingerprint density at radius 3 is 2.10 bits per heavy atom. The summed E-state index contributed by atoms with van der Waals surface area (Å²) in [6, 6.07) is 21.9. The standard InChI is InChI=1S/C26H29N3O2/c1-5-23(29-25(30)31-26(2,3)4)21-16-22(18-27-17-21)28-24(19-12-8-6-9-13-19)20-14-10-7-11-15-20/h6-18,23H,5H2,1-4H3,(H,29,30). The van der Waals surface area contributed by atoms with E-state index in [-0.39, 0.29) is 6.04 Å². The molecule has 2 aromatic carbocycles. The van der Waals surface area contributed by atoms with E-state index in [1.807, 2.05) is 94.4 Å². The van der Waals surface area contributed by atoms with Crippen LogP contribution in [0.3, 0.4) is 0 Å². The van der Waals surface area contributed by atoms with Crippen molar-refractivity contribution in [3.05, 3.63) is 95.8 Å². The molecule has 0 aliphatic carbocycles. The number of aliphatic imine (C=N–C) groups is 1. The van der Waals surface area contributed by atoms with Gasteiger partial charge in [-0.1, -0.05) is 67.6 Å². The highest BCUT2D eigenvalue weighted by Gasteiger charge is 2.20. The third-order valence-electron chi connectivity index (χ3n) is 4.58. The largest absolute Gasteiger partial charge is 0.444 e. The molecule has 5 heteroatoms. The van der Waals surface area contributed by atoms with Crippen LogP contribution in [0.15, 0.2) is 84.1 Å². The Hall–Kier alpha value is -3.47. The maximum atomic E-state index is 12.3. The normalized spacial score (nSPS) is 12.0. The van der Waals surface area contributed by atoms with E-state index in [4.69, 9.17) is 9.73 Å². The van der Waals surface area contributed by atoms with E-state index in [2.05, 4.69) is 10.3 Å². The number of nitrogens with one attached hydrogen (secondary N) is 1. The third kappa shape index (κ3) is 6.51. The van der Waals surface area contributed by atoms with Gasteiger partial charge in [-0.3, -0.25) is 4.98 Å². The molecule has 3 rings (SSSR count). The zero-order valence-electron chi connectivity index (χ0n) is 18.5. The fraction of sp³-hybridized carbons (Fsp3) is 0.269. The summed E-state index contributed by atoms with van der Waals surface area (Å²) in [6.45, 7) is 7.55. The molecule has 0 aliphatic rings. The molecule has 0 bridgehead atoms. The summed E-state index contributed by atoms with van der Waals surface area (Å²) >= 11 is 0. The molecule has 1 N–H and O–H groups in total. The van der Waals surface area contributed by atoms with Gasteiger partial charge in [0, 0.05) is 17.3 Å². The first kappa shape index (κ1) is 22.2. The molecule has 1 atom stereocenters. The van der Waals surface area contributed by atoms with Gasteiger partial charge in [0.05, 0.1) is 23.6 Å². The summed E-state index contributed by atoms with van der Waals surface area (Å²) in [6.07, 6.45) is 3.76. The van der Waals surface area contributed by atoms with E-state index in [1.165, 1.54) is 0 Å². The quantitative estimate of drug-likeness (QED) is 0.486. The average molecular weight is 416 g/mol. The number of ether oxygens (including phenoxy) is 1. The molecule has 0 spiro atoms. The Bertz CT molecular complexity index is 984. The van der Waals surface area contributed by atoms with Crippen LogP contribution >= 0.6 is 0 Å². The van der Waals surface area contributed by atoms with Crippen LogP contribution in [0.4, 0.5) is 10.5 Å². The number of carbonyl (C=O) groups excluding carboxylic acids is 1. The van der Waals surface area contributed by atoms with Crippen molar-refractivity contribution in [2.75, 3.05) is 0 Å². The van der Waals surface area contributed by atoms with Gasteiger partial charge in [0.25, 0.3) is 0 Å². The molecule has 0 aliphatic heterocycles. The number of rotatable bonds is 6. The number of hydrogen-bond donors (Lipinski definition) is 1. The van der Waals surface area contributed by atoms with Crippen LogP contribution in [-0.2, 0) is 4.74 Å². The number of hydrogen-bond acceptors (Lipinski definition) is 4. The van der Waals surface area contributed by atoms with Gasteiger partial charge in [-0.25, -0.2) is 9.79 Å². The lowest BCUT2D eigenvalue weighted by Gasteiger charge is -2.23. The van der Waals surface area contributed by atoms with Gasteiger partial charge in [-0.05, 0) is 38.8 Å². The zero-order chi connectivity index (χ0) is 22.3. The second-order valence-electron chi connectivity index (χ2n) is 8.28. The van der Waals surface area contributed by atoms with Gasteiger partial charge in [0.15, 0.2) is 0 Å². The molecular weight excluding hydrogens is 386 g/mol. The Morgan fingerprint density at radius 1 is 1.00 bits per heavy atom. The van der Waals surface area contributed by atoms with Crippen molar-refractivity contribution in [3.8, 4) is 0 Å². The Balaban J connectivity index is 1.93. The van der Waals surface area contributed by atoms with E-state index >= 15 is 0 Å². The van der Waals surface area contributed by atoms with Crippen molar-refractivity contribution in [3.63, 3.8) is 0 Å². The highest BCUT2D eigenvalue weighted by atomic mass is 16.6. The Labute approximate surface area is 184 Å². The lowest BCUT2D eigenvalue weighted by molar-refractivity contribution is 0.0502. The fourth-order valence-corrected chi connectivity index (χ4v) is 3.18. The molecule has 160 valence electrons. The lowest BCUT2D eigenvalue weighted by atomic mass is 10.0. The van der Waals surface area contributed by atoms with Crippen LogP contribution in [0.25, 0.3) is 0 Å².